The van der Waals surface area contributed by atoms with E-state index in [2.05, 4.69) is 37.0 Å². The lowest BCUT2D eigenvalue weighted by molar-refractivity contribution is 0.0740. The molecule has 0 spiro atoms. The van der Waals surface area contributed by atoms with Crippen molar-refractivity contribution in [1.29, 1.82) is 0 Å². The minimum Gasteiger partial charge on any atom is -0.340 e. The van der Waals surface area contributed by atoms with Crippen LogP contribution in [0.1, 0.15) is 40.9 Å². The molecule has 3 nitrogen and oxygen atoms in total. The lowest BCUT2D eigenvalue weighted by Gasteiger charge is -2.29. The molecule has 1 saturated carbocycles. The van der Waals surface area contributed by atoms with Crippen LogP contribution in [0.2, 0.25) is 0 Å². The summed E-state index contributed by atoms with van der Waals surface area (Å²) in [5, 5.41) is 2.81. The van der Waals surface area contributed by atoms with Crippen molar-refractivity contribution in [2.75, 3.05) is 13.6 Å². The van der Waals surface area contributed by atoms with Gasteiger partial charge in [-0.25, -0.2) is 4.98 Å². The number of hydrogen-bond acceptors (Lipinski definition) is 3. The van der Waals surface area contributed by atoms with E-state index < -0.39 is 0 Å². The highest BCUT2D eigenvalue weighted by Gasteiger charge is 2.23. The van der Waals surface area contributed by atoms with Gasteiger partial charge in [-0.3, -0.25) is 4.79 Å². The molecule has 0 atom stereocenters. The number of nitrogens with zero attached hydrogens (tertiary/aromatic N) is 2. The average Bonchev–Trinajstić information content (AvgIpc) is 2.91. The minimum absolute atomic E-state index is 0.0409. The van der Waals surface area contributed by atoms with Gasteiger partial charge in [0.25, 0.3) is 5.91 Å². The molecule has 2 aromatic rings. The van der Waals surface area contributed by atoms with E-state index in [0.29, 0.717) is 11.6 Å². The van der Waals surface area contributed by atoms with Gasteiger partial charge in [0.15, 0.2) is 0 Å². The van der Waals surface area contributed by atoms with Crippen molar-refractivity contribution in [3.63, 3.8) is 0 Å². The van der Waals surface area contributed by atoms with E-state index in [9.17, 15) is 4.79 Å². The Balaban J connectivity index is 1.76. The molecule has 1 aliphatic rings. The third kappa shape index (κ3) is 3.07. The van der Waals surface area contributed by atoms with Gasteiger partial charge in [-0.15, -0.1) is 11.3 Å². The zero-order valence-corrected chi connectivity index (χ0v) is 14.2. The normalized spacial score (nSPS) is 14.7. The van der Waals surface area contributed by atoms with Crippen molar-refractivity contribution >= 4 is 17.2 Å². The lowest BCUT2D eigenvalue weighted by Crippen LogP contribution is -2.34. The van der Waals surface area contributed by atoms with Gasteiger partial charge >= 0.3 is 0 Å². The second-order valence-electron chi connectivity index (χ2n) is 6.34. The Morgan fingerprint density at radius 2 is 2.14 bits per heavy atom. The summed E-state index contributed by atoms with van der Waals surface area (Å²) in [6, 6.07) is 6.34. The topological polar surface area (TPSA) is 33.2 Å². The van der Waals surface area contributed by atoms with E-state index >= 15 is 0 Å². The fourth-order valence-corrected chi connectivity index (χ4v) is 3.77. The molecule has 0 radical (unpaired) electrons. The van der Waals surface area contributed by atoms with Crippen molar-refractivity contribution in [2.45, 2.75) is 33.1 Å². The first kappa shape index (κ1) is 15.2. The predicted molar refractivity (Wildman–Crippen MR) is 91.3 cm³/mol. The quantitative estimate of drug-likeness (QED) is 0.843. The lowest BCUT2D eigenvalue weighted by atomic mass is 9.85. The van der Waals surface area contributed by atoms with Gasteiger partial charge in [0.2, 0.25) is 0 Å². The number of thiazole rings is 1. The van der Waals surface area contributed by atoms with E-state index in [4.69, 9.17) is 0 Å². The van der Waals surface area contributed by atoms with Crippen LogP contribution < -0.4 is 0 Å². The van der Waals surface area contributed by atoms with Gasteiger partial charge in [0.1, 0.15) is 10.7 Å². The summed E-state index contributed by atoms with van der Waals surface area (Å²) in [7, 11) is 1.89. The molecule has 1 heterocycles. The third-order valence-corrected chi connectivity index (χ3v) is 5.31. The summed E-state index contributed by atoms with van der Waals surface area (Å²) < 4.78 is 0. The summed E-state index contributed by atoms with van der Waals surface area (Å²) in [6.07, 6.45) is 3.81. The Morgan fingerprint density at radius 1 is 1.36 bits per heavy atom. The molecule has 22 heavy (non-hydrogen) atoms. The highest BCUT2D eigenvalue weighted by Crippen LogP contribution is 2.29. The number of hydrogen-bond donors (Lipinski definition) is 0. The Labute approximate surface area is 136 Å². The molecule has 1 fully saturated rings. The summed E-state index contributed by atoms with van der Waals surface area (Å²) in [6.45, 7) is 5.03. The maximum atomic E-state index is 12.5. The predicted octanol–water partition coefficient (Wildman–Crippen LogP) is 4.30. The van der Waals surface area contributed by atoms with E-state index in [1.807, 2.05) is 17.3 Å². The van der Waals surface area contributed by atoms with Crippen LogP contribution in [-0.2, 0) is 0 Å². The van der Waals surface area contributed by atoms with Crippen LogP contribution in [0.25, 0.3) is 10.6 Å². The molecular weight excluding hydrogens is 292 g/mol. The highest BCUT2D eigenvalue weighted by molar-refractivity contribution is 7.13. The molecule has 116 valence electrons. The number of aryl methyl sites for hydroxylation is 2. The van der Waals surface area contributed by atoms with Crippen LogP contribution in [0, 0.1) is 19.8 Å². The zero-order valence-electron chi connectivity index (χ0n) is 13.4. The van der Waals surface area contributed by atoms with Gasteiger partial charge in [0.05, 0.1) is 0 Å². The van der Waals surface area contributed by atoms with Crippen LogP contribution >= 0.6 is 11.3 Å². The molecule has 0 saturated heterocycles. The first-order valence-electron chi connectivity index (χ1n) is 7.83. The van der Waals surface area contributed by atoms with Crippen molar-refractivity contribution < 1.29 is 4.79 Å². The molecular formula is C18H22N2OS. The number of aromatic nitrogens is 1. The molecule has 0 aliphatic heterocycles. The monoisotopic (exact) mass is 314 g/mol. The number of amides is 1. The average molecular weight is 314 g/mol. The van der Waals surface area contributed by atoms with Crippen LogP contribution in [0.4, 0.5) is 0 Å². The number of carbonyl (C=O) groups is 1. The molecule has 4 heteroatoms. The molecule has 0 unspecified atom stereocenters. The number of benzene rings is 1. The molecule has 1 aliphatic carbocycles. The summed E-state index contributed by atoms with van der Waals surface area (Å²) in [5.41, 5.74) is 4.14. The van der Waals surface area contributed by atoms with E-state index in [0.717, 1.165) is 17.1 Å². The van der Waals surface area contributed by atoms with Crippen LogP contribution in [0.5, 0.6) is 0 Å². The molecule has 1 aromatic heterocycles. The fourth-order valence-electron chi connectivity index (χ4n) is 2.89. The number of carbonyl (C=O) groups excluding carboxylic acids is 1. The Kier molecular flexibility index (Phi) is 4.30. The second-order valence-corrected chi connectivity index (χ2v) is 7.20. The number of rotatable bonds is 4. The van der Waals surface area contributed by atoms with Crippen LogP contribution in [-0.4, -0.2) is 29.4 Å². The summed E-state index contributed by atoms with van der Waals surface area (Å²) >= 11 is 1.55. The Bertz CT molecular complexity index is 688. The minimum atomic E-state index is 0.0409. The van der Waals surface area contributed by atoms with Crippen LogP contribution in [0.3, 0.4) is 0 Å². The molecule has 0 bridgehead atoms. The fraction of sp³-hybridized carbons (Fsp3) is 0.444. The molecule has 1 amide bonds. The molecule has 1 aromatic carbocycles. The SMILES string of the molecule is Cc1ccc(-c2nc(C(=O)N(C)CC3CCC3)cs2)c(C)c1. The van der Waals surface area contributed by atoms with Gasteiger partial charge in [-0.2, -0.15) is 0 Å². The van der Waals surface area contributed by atoms with Gasteiger partial charge in [-0.1, -0.05) is 30.2 Å². The highest BCUT2D eigenvalue weighted by atomic mass is 32.1. The van der Waals surface area contributed by atoms with Crippen molar-refractivity contribution in [1.82, 2.24) is 9.88 Å². The Hall–Kier alpha value is -1.68. The van der Waals surface area contributed by atoms with Gasteiger partial charge in [0, 0.05) is 24.5 Å². The molecule has 0 N–H and O–H groups in total. The maximum absolute atomic E-state index is 12.5. The first-order valence-corrected chi connectivity index (χ1v) is 8.71. The largest absolute Gasteiger partial charge is 0.340 e. The van der Waals surface area contributed by atoms with E-state index in [1.54, 1.807) is 11.3 Å². The summed E-state index contributed by atoms with van der Waals surface area (Å²) in [5.74, 6) is 0.727. The Morgan fingerprint density at radius 3 is 2.77 bits per heavy atom. The first-order chi connectivity index (χ1) is 10.5. The zero-order chi connectivity index (χ0) is 15.7. The maximum Gasteiger partial charge on any atom is 0.273 e. The second kappa shape index (κ2) is 6.21. The van der Waals surface area contributed by atoms with Crippen molar-refractivity contribution in [3.8, 4) is 10.6 Å². The molecule has 3 rings (SSSR count). The van der Waals surface area contributed by atoms with E-state index in [-0.39, 0.29) is 5.91 Å². The van der Waals surface area contributed by atoms with Gasteiger partial charge in [-0.05, 0) is 38.2 Å². The summed E-state index contributed by atoms with van der Waals surface area (Å²) in [4.78, 5) is 18.9. The smallest absolute Gasteiger partial charge is 0.273 e. The van der Waals surface area contributed by atoms with Crippen LogP contribution in [0.15, 0.2) is 23.6 Å². The third-order valence-electron chi connectivity index (χ3n) is 4.44. The van der Waals surface area contributed by atoms with Crippen molar-refractivity contribution in [3.05, 3.63) is 40.4 Å². The van der Waals surface area contributed by atoms with E-state index in [1.165, 1.54) is 30.4 Å². The van der Waals surface area contributed by atoms with Gasteiger partial charge < -0.3 is 4.90 Å². The van der Waals surface area contributed by atoms with Crippen molar-refractivity contribution in [2.24, 2.45) is 5.92 Å². The standard InChI is InChI=1S/C18H22N2OS/c1-12-7-8-15(13(2)9-12)17-19-16(11-22-17)18(21)20(3)10-14-5-4-6-14/h7-9,11,14H,4-6,10H2,1-3H3.